The van der Waals surface area contributed by atoms with E-state index in [-0.39, 0.29) is 5.91 Å². The molecule has 1 heterocycles. The summed E-state index contributed by atoms with van der Waals surface area (Å²) in [6.45, 7) is 0.479. The van der Waals surface area contributed by atoms with E-state index in [1.807, 2.05) is 48.5 Å². The first-order chi connectivity index (χ1) is 13.8. The molecule has 0 saturated carbocycles. The minimum atomic E-state index is -0.105. The Kier molecular flexibility index (Phi) is 5.50. The summed E-state index contributed by atoms with van der Waals surface area (Å²) in [5.41, 5.74) is 4.03. The fourth-order valence-corrected chi connectivity index (χ4v) is 3.61. The van der Waals surface area contributed by atoms with E-state index in [9.17, 15) is 4.79 Å². The molecule has 0 unspecified atom stereocenters. The van der Waals surface area contributed by atoms with Crippen LogP contribution in [0.5, 0.6) is 11.5 Å². The zero-order chi connectivity index (χ0) is 19.2. The molecule has 0 fully saturated rings. The van der Waals surface area contributed by atoms with Gasteiger partial charge in [0.2, 0.25) is 0 Å². The second kappa shape index (κ2) is 8.55. The SMILES string of the molecule is O=C(NCc1ccccc1-c1ccsc1)c1ccc(Oc2ccccc2)cc1. The summed E-state index contributed by atoms with van der Waals surface area (Å²) in [5.74, 6) is 1.36. The minimum absolute atomic E-state index is 0.105. The van der Waals surface area contributed by atoms with Gasteiger partial charge in [0.05, 0.1) is 0 Å². The van der Waals surface area contributed by atoms with E-state index in [1.54, 1.807) is 35.6 Å². The van der Waals surface area contributed by atoms with Crippen LogP contribution in [0.1, 0.15) is 15.9 Å². The minimum Gasteiger partial charge on any atom is -0.457 e. The summed E-state index contributed by atoms with van der Waals surface area (Å²) in [6.07, 6.45) is 0. The fraction of sp³-hybridized carbons (Fsp3) is 0.0417. The van der Waals surface area contributed by atoms with E-state index in [0.29, 0.717) is 17.9 Å². The first-order valence-electron chi connectivity index (χ1n) is 9.01. The lowest BCUT2D eigenvalue weighted by molar-refractivity contribution is 0.0951. The lowest BCUT2D eigenvalue weighted by Crippen LogP contribution is -2.23. The molecule has 0 aliphatic carbocycles. The molecular weight excluding hydrogens is 366 g/mol. The number of amides is 1. The van der Waals surface area contributed by atoms with Crippen molar-refractivity contribution < 1.29 is 9.53 Å². The van der Waals surface area contributed by atoms with Gasteiger partial charge in [-0.1, -0.05) is 42.5 Å². The molecule has 4 aromatic rings. The highest BCUT2D eigenvalue weighted by Crippen LogP contribution is 2.26. The van der Waals surface area contributed by atoms with E-state index in [0.717, 1.165) is 16.9 Å². The lowest BCUT2D eigenvalue weighted by Gasteiger charge is -2.10. The predicted molar refractivity (Wildman–Crippen MR) is 114 cm³/mol. The number of hydrogen-bond acceptors (Lipinski definition) is 3. The van der Waals surface area contributed by atoms with Gasteiger partial charge in [-0.15, -0.1) is 0 Å². The Morgan fingerprint density at radius 1 is 0.821 bits per heavy atom. The quantitative estimate of drug-likeness (QED) is 0.433. The Bertz CT molecular complexity index is 1040. The first-order valence-corrected chi connectivity index (χ1v) is 9.95. The molecule has 0 aliphatic heterocycles. The largest absolute Gasteiger partial charge is 0.457 e. The van der Waals surface area contributed by atoms with Gasteiger partial charge < -0.3 is 10.1 Å². The van der Waals surface area contributed by atoms with Crippen LogP contribution < -0.4 is 10.1 Å². The molecular formula is C24H19NO2S. The van der Waals surface area contributed by atoms with Crippen LogP contribution in [0.25, 0.3) is 11.1 Å². The lowest BCUT2D eigenvalue weighted by atomic mass is 10.0. The number of carbonyl (C=O) groups is 1. The number of carbonyl (C=O) groups excluding carboxylic acids is 1. The van der Waals surface area contributed by atoms with Gasteiger partial charge >= 0.3 is 0 Å². The number of para-hydroxylation sites is 1. The molecule has 0 bridgehead atoms. The standard InChI is InChI=1S/C24H19NO2S/c26-24(18-10-12-22(13-11-18)27-21-7-2-1-3-8-21)25-16-19-6-4-5-9-23(19)20-14-15-28-17-20/h1-15,17H,16H2,(H,25,26). The third-order valence-corrected chi connectivity index (χ3v) is 5.07. The monoisotopic (exact) mass is 385 g/mol. The highest BCUT2D eigenvalue weighted by atomic mass is 32.1. The average Bonchev–Trinajstić information content (AvgIpc) is 3.28. The highest BCUT2D eigenvalue weighted by molar-refractivity contribution is 7.08. The molecule has 1 aromatic heterocycles. The van der Waals surface area contributed by atoms with Crippen LogP contribution in [0.2, 0.25) is 0 Å². The van der Waals surface area contributed by atoms with E-state index in [4.69, 9.17) is 4.74 Å². The number of ether oxygens (including phenoxy) is 1. The van der Waals surface area contributed by atoms with Gasteiger partial charge in [-0.25, -0.2) is 0 Å². The summed E-state index contributed by atoms with van der Waals surface area (Å²) >= 11 is 1.67. The zero-order valence-electron chi connectivity index (χ0n) is 15.2. The molecule has 0 radical (unpaired) electrons. The number of nitrogens with one attached hydrogen (secondary N) is 1. The zero-order valence-corrected chi connectivity index (χ0v) is 16.0. The summed E-state index contributed by atoms with van der Waals surface area (Å²) in [5, 5.41) is 7.19. The second-order valence-corrected chi connectivity index (χ2v) is 7.07. The summed E-state index contributed by atoms with van der Waals surface area (Å²) in [6, 6.07) is 27.0. The van der Waals surface area contributed by atoms with Gasteiger partial charge in [-0.3, -0.25) is 4.79 Å². The van der Waals surface area contributed by atoms with Crippen LogP contribution in [0.4, 0.5) is 0 Å². The van der Waals surface area contributed by atoms with Crippen LogP contribution in [-0.2, 0) is 6.54 Å². The van der Waals surface area contributed by atoms with Crippen LogP contribution in [0.15, 0.2) is 95.7 Å². The number of thiophene rings is 1. The van der Waals surface area contributed by atoms with Gasteiger partial charge in [0.15, 0.2) is 0 Å². The predicted octanol–water partition coefficient (Wildman–Crippen LogP) is 6.14. The van der Waals surface area contributed by atoms with Crippen molar-refractivity contribution in [2.24, 2.45) is 0 Å². The van der Waals surface area contributed by atoms with E-state index >= 15 is 0 Å². The maximum atomic E-state index is 12.5. The maximum absolute atomic E-state index is 12.5. The molecule has 1 amide bonds. The van der Waals surface area contributed by atoms with Crippen molar-refractivity contribution in [3.63, 3.8) is 0 Å². The summed E-state index contributed by atoms with van der Waals surface area (Å²) in [4.78, 5) is 12.5. The number of rotatable bonds is 6. The van der Waals surface area contributed by atoms with Gasteiger partial charge in [0.1, 0.15) is 11.5 Å². The fourth-order valence-electron chi connectivity index (χ4n) is 2.95. The Balaban J connectivity index is 1.41. The maximum Gasteiger partial charge on any atom is 0.251 e. The van der Waals surface area contributed by atoms with Crippen molar-refractivity contribution in [3.8, 4) is 22.6 Å². The van der Waals surface area contributed by atoms with Crippen LogP contribution >= 0.6 is 11.3 Å². The molecule has 0 atom stereocenters. The average molecular weight is 385 g/mol. The van der Waals surface area contributed by atoms with Crippen molar-refractivity contribution in [1.29, 1.82) is 0 Å². The molecule has 0 saturated heterocycles. The molecule has 4 rings (SSSR count). The van der Waals surface area contributed by atoms with Crippen molar-refractivity contribution in [2.45, 2.75) is 6.54 Å². The molecule has 138 valence electrons. The molecule has 3 aromatic carbocycles. The Morgan fingerprint density at radius 2 is 1.54 bits per heavy atom. The van der Waals surface area contributed by atoms with Crippen molar-refractivity contribution in [3.05, 3.63) is 107 Å². The van der Waals surface area contributed by atoms with Gasteiger partial charge in [0.25, 0.3) is 5.91 Å². The van der Waals surface area contributed by atoms with Crippen LogP contribution in [-0.4, -0.2) is 5.91 Å². The summed E-state index contributed by atoms with van der Waals surface area (Å²) in [7, 11) is 0. The van der Waals surface area contributed by atoms with E-state index in [1.165, 1.54) is 5.56 Å². The Hall–Kier alpha value is -3.37. The van der Waals surface area contributed by atoms with E-state index < -0.39 is 0 Å². The number of hydrogen-bond donors (Lipinski definition) is 1. The van der Waals surface area contributed by atoms with Crippen LogP contribution in [0, 0.1) is 0 Å². The van der Waals surface area contributed by atoms with Gasteiger partial charge in [0, 0.05) is 12.1 Å². The Morgan fingerprint density at radius 3 is 2.29 bits per heavy atom. The van der Waals surface area contributed by atoms with Crippen molar-refractivity contribution in [2.75, 3.05) is 0 Å². The van der Waals surface area contributed by atoms with E-state index in [2.05, 4.69) is 28.2 Å². The van der Waals surface area contributed by atoms with Crippen molar-refractivity contribution >= 4 is 17.2 Å². The second-order valence-electron chi connectivity index (χ2n) is 6.29. The Labute approximate surface area is 168 Å². The topological polar surface area (TPSA) is 38.3 Å². The first kappa shape index (κ1) is 18.0. The molecule has 4 heteroatoms. The third-order valence-electron chi connectivity index (χ3n) is 4.38. The third kappa shape index (κ3) is 4.30. The molecule has 3 nitrogen and oxygen atoms in total. The van der Waals surface area contributed by atoms with Gasteiger partial charge in [-0.2, -0.15) is 11.3 Å². The molecule has 28 heavy (non-hydrogen) atoms. The molecule has 0 aliphatic rings. The summed E-state index contributed by atoms with van der Waals surface area (Å²) < 4.78 is 5.77. The molecule has 1 N–H and O–H groups in total. The smallest absolute Gasteiger partial charge is 0.251 e. The van der Waals surface area contributed by atoms with Crippen LogP contribution in [0.3, 0.4) is 0 Å². The normalized spacial score (nSPS) is 10.4. The van der Waals surface area contributed by atoms with Gasteiger partial charge in [-0.05, 0) is 69.9 Å². The van der Waals surface area contributed by atoms with Crippen molar-refractivity contribution in [1.82, 2.24) is 5.32 Å². The highest BCUT2D eigenvalue weighted by Gasteiger charge is 2.09. The number of benzene rings is 3. The molecule has 0 spiro atoms.